The number of amides is 2. The van der Waals surface area contributed by atoms with E-state index < -0.39 is 11.4 Å². The quantitative estimate of drug-likeness (QED) is 0.828. The molecule has 2 saturated heterocycles. The normalized spacial score (nSPS) is 22.8. The monoisotopic (exact) mass is 298 g/mol. The number of hydrogen-bond donors (Lipinski definition) is 2. The number of carbonyl (C=O) groups is 2. The van der Waals surface area contributed by atoms with E-state index in [2.05, 4.69) is 5.32 Å². The van der Waals surface area contributed by atoms with Crippen molar-refractivity contribution in [3.8, 4) is 0 Å². The van der Waals surface area contributed by atoms with Gasteiger partial charge in [0.1, 0.15) is 0 Å². The van der Waals surface area contributed by atoms with Gasteiger partial charge >= 0.3 is 12.0 Å². The van der Waals surface area contributed by atoms with Crippen LogP contribution in [0.5, 0.6) is 0 Å². The van der Waals surface area contributed by atoms with E-state index in [9.17, 15) is 14.7 Å². The molecule has 0 aliphatic carbocycles. The predicted octanol–water partition coefficient (Wildman–Crippen LogP) is 1.70. The minimum atomic E-state index is -0.729. The number of nitrogens with zero attached hydrogens (tertiary/aromatic N) is 1. The summed E-state index contributed by atoms with van der Waals surface area (Å²) in [5.74, 6) is -0.228. The van der Waals surface area contributed by atoms with Crippen molar-refractivity contribution in [2.75, 3.05) is 32.8 Å². The molecular weight excluding hydrogens is 272 g/mol. The van der Waals surface area contributed by atoms with Crippen molar-refractivity contribution >= 4 is 12.0 Å². The lowest BCUT2D eigenvalue weighted by Gasteiger charge is -2.38. The van der Waals surface area contributed by atoms with Crippen LogP contribution in [0.4, 0.5) is 4.79 Å². The molecule has 2 aliphatic heterocycles. The van der Waals surface area contributed by atoms with E-state index in [0.29, 0.717) is 44.8 Å². The summed E-state index contributed by atoms with van der Waals surface area (Å²) in [4.78, 5) is 25.3. The highest BCUT2D eigenvalue weighted by Crippen LogP contribution is 2.35. The number of carboxylic acids is 1. The maximum absolute atomic E-state index is 12.1. The maximum atomic E-state index is 12.1. The third-order valence-corrected chi connectivity index (χ3v) is 5.02. The first-order valence-electron chi connectivity index (χ1n) is 7.91. The molecular formula is C15H26N2O4. The molecule has 0 aromatic heterocycles. The number of rotatable bonds is 4. The number of ether oxygens (including phenoxy) is 1. The lowest BCUT2D eigenvalue weighted by Crippen LogP contribution is -2.50. The molecule has 0 aromatic rings. The molecule has 0 radical (unpaired) electrons. The second kappa shape index (κ2) is 7.11. The SMILES string of the molecule is CCC1(C(=O)O)CCN(C(=O)NCC2CCOCC2)CC1. The number of aliphatic carboxylic acids is 1. The van der Waals surface area contributed by atoms with Crippen molar-refractivity contribution in [2.24, 2.45) is 11.3 Å². The lowest BCUT2D eigenvalue weighted by molar-refractivity contribution is -0.151. The van der Waals surface area contributed by atoms with Crippen LogP contribution in [-0.4, -0.2) is 54.9 Å². The van der Waals surface area contributed by atoms with Gasteiger partial charge in [-0.15, -0.1) is 0 Å². The molecule has 2 N–H and O–H groups in total. The number of likely N-dealkylation sites (tertiary alicyclic amines) is 1. The van der Waals surface area contributed by atoms with Gasteiger partial charge in [-0.1, -0.05) is 6.92 Å². The largest absolute Gasteiger partial charge is 0.481 e. The lowest BCUT2D eigenvalue weighted by atomic mass is 9.76. The first-order chi connectivity index (χ1) is 10.1. The molecule has 0 bridgehead atoms. The van der Waals surface area contributed by atoms with Gasteiger partial charge in [0.2, 0.25) is 0 Å². The van der Waals surface area contributed by atoms with Gasteiger partial charge in [0.15, 0.2) is 0 Å². The number of hydrogen-bond acceptors (Lipinski definition) is 3. The maximum Gasteiger partial charge on any atom is 0.317 e. The van der Waals surface area contributed by atoms with Gasteiger partial charge in [-0.3, -0.25) is 4.79 Å². The van der Waals surface area contributed by atoms with Gasteiger partial charge in [0.05, 0.1) is 5.41 Å². The summed E-state index contributed by atoms with van der Waals surface area (Å²) in [6.45, 7) is 5.22. The van der Waals surface area contributed by atoms with Crippen molar-refractivity contribution in [2.45, 2.75) is 39.0 Å². The third-order valence-electron chi connectivity index (χ3n) is 5.02. The molecule has 6 heteroatoms. The van der Waals surface area contributed by atoms with Gasteiger partial charge in [-0.2, -0.15) is 0 Å². The molecule has 2 amide bonds. The van der Waals surface area contributed by atoms with Crippen LogP contribution < -0.4 is 5.32 Å². The molecule has 0 atom stereocenters. The predicted molar refractivity (Wildman–Crippen MR) is 78.1 cm³/mol. The Morgan fingerprint density at radius 3 is 2.43 bits per heavy atom. The summed E-state index contributed by atoms with van der Waals surface area (Å²) in [6, 6.07) is -0.0587. The molecule has 2 aliphatic rings. The fourth-order valence-corrected chi connectivity index (χ4v) is 3.15. The van der Waals surface area contributed by atoms with Crippen molar-refractivity contribution < 1.29 is 19.4 Å². The highest BCUT2D eigenvalue weighted by Gasteiger charge is 2.40. The zero-order valence-electron chi connectivity index (χ0n) is 12.8. The Morgan fingerprint density at radius 1 is 1.29 bits per heavy atom. The van der Waals surface area contributed by atoms with Crippen LogP contribution in [0.25, 0.3) is 0 Å². The molecule has 2 fully saturated rings. The molecule has 0 spiro atoms. The van der Waals surface area contributed by atoms with Gasteiger partial charge in [0.25, 0.3) is 0 Å². The zero-order chi connectivity index (χ0) is 15.3. The topological polar surface area (TPSA) is 78.9 Å². The number of piperidine rings is 1. The number of urea groups is 1. The van der Waals surface area contributed by atoms with Crippen LogP contribution in [0.2, 0.25) is 0 Å². The van der Waals surface area contributed by atoms with Gasteiger partial charge < -0.3 is 20.1 Å². The third kappa shape index (κ3) is 3.87. The van der Waals surface area contributed by atoms with E-state index in [1.54, 1.807) is 4.90 Å². The van der Waals surface area contributed by atoms with Gasteiger partial charge in [-0.25, -0.2) is 4.79 Å². The summed E-state index contributed by atoms with van der Waals surface area (Å²) in [5, 5.41) is 12.3. The van der Waals surface area contributed by atoms with Crippen molar-refractivity contribution in [3.05, 3.63) is 0 Å². The first-order valence-corrected chi connectivity index (χ1v) is 7.91. The second-order valence-corrected chi connectivity index (χ2v) is 6.17. The van der Waals surface area contributed by atoms with E-state index in [4.69, 9.17) is 4.74 Å². The minimum absolute atomic E-state index is 0.0587. The Morgan fingerprint density at radius 2 is 1.90 bits per heavy atom. The minimum Gasteiger partial charge on any atom is -0.481 e. The van der Waals surface area contributed by atoms with Crippen LogP contribution in [-0.2, 0) is 9.53 Å². The standard InChI is InChI=1S/C15H26N2O4/c1-2-15(13(18)19)5-7-17(8-6-15)14(20)16-11-12-3-9-21-10-4-12/h12H,2-11H2,1H3,(H,16,20)(H,18,19). The van der Waals surface area contributed by atoms with E-state index in [1.165, 1.54) is 0 Å². The van der Waals surface area contributed by atoms with Crippen molar-refractivity contribution in [3.63, 3.8) is 0 Å². The molecule has 0 aromatic carbocycles. The Balaban J connectivity index is 1.76. The highest BCUT2D eigenvalue weighted by molar-refractivity contribution is 5.77. The molecule has 6 nitrogen and oxygen atoms in total. The van der Waals surface area contributed by atoms with Crippen LogP contribution in [0, 0.1) is 11.3 Å². The second-order valence-electron chi connectivity index (χ2n) is 6.17. The van der Waals surface area contributed by atoms with Gasteiger partial charge in [-0.05, 0) is 38.0 Å². The van der Waals surface area contributed by atoms with Crippen LogP contribution >= 0.6 is 0 Å². The summed E-state index contributed by atoms with van der Waals surface area (Å²) < 4.78 is 5.30. The van der Waals surface area contributed by atoms with Crippen LogP contribution in [0.3, 0.4) is 0 Å². The number of carbonyl (C=O) groups excluding carboxylic acids is 1. The first kappa shape index (κ1) is 16.1. The summed E-state index contributed by atoms with van der Waals surface area (Å²) in [6.07, 6.45) is 3.71. The van der Waals surface area contributed by atoms with Crippen LogP contribution in [0.1, 0.15) is 39.0 Å². The Hall–Kier alpha value is -1.30. The molecule has 2 heterocycles. The summed E-state index contributed by atoms with van der Waals surface area (Å²) in [7, 11) is 0. The number of nitrogens with one attached hydrogen (secondary N) is 1. The molecule has 21 heavy (non-hydrogen) atoms. The molecule has 0 saturated carbocycles. The van der Waals surface area contributed by atoms with E-state index in [0.717, 1.165) is 26.1 Å². The fraction of sp³-hybridized carbons (Fsp3) is 0.867. The van der Waals surface area contributed by atoms with E-state index in [-0.39, 0.29) is 6.03 Å². The van der Waals surface area contributed by atoms with Crippen molar-refractivity contribution in [1.82, 2.24) is 10.2 Å². The Bertz CT molecular complexity index is 372. The van der Waals surface area contributed by atoms with Crippen molar-refractivity contribution in [1.29, 1.82) is 0 Å². The molecule has 0 unspecified atom stereocenters. The number of carboxylic acid groups (broad SMARTS) is 1. The average Bonchev–Trinajstić information content (AvgIpc) is 2.53. The molecule has 2 rings (SSSR count). The highest BCUT2D eigenvalue weighted by atomic mass is 16.5. The zero-order valence-corrected chi connectivity index (χ0v) is 12.8. The summed E-state index contributed by atoms with van der Waals surface area (Å²) >= 11 is 0. The average molecular weight is 298 g/mol. The van der Waals surface area contributed by atoms with E-state index >= 15 is 0 Å². The van der Waals surface area contributed by atoms with E-state index in [1.807, 2.05) is 6.92 Å². The molecule has 120 valence electrons. The Labute approximate surface area is 125 Å². The smallest absolute Gasteiger partial charge is 0.317 e. The van der Waals surface area contributed by atoms with Gasteiger partial charge in [0, 0.05) is 32.8 Å². The summed E-state index contributed by atoms with van der Waals surface area (Å²) in [5.41, 5.74) is -0.641. The Kier molecular flexibility index (Phi) is 5.45. The fourth-order valence-electron chi connectivity index (χ4n) is 3.15. The van der Waals surface area contributed by atoms with Crippen LogP contribution in [0.15, 0.2) is 0 Å².